The van der Waals surface area contributed by atoms with E-state index in [-0.39, 0.29) is 22.7 Å². The molecular formula is C21H18N2O4. The molecule has 1 aromatic heterocycles. The van der Waals surface area contributed by atoms with E-state index < -0.39 is 0 Å². The van der Waals surface area contributed by atoms with Crippen LogP contribution < -0.4 is 15.5 Å². The fourth-order valence-electron chi connectivity index (χ4n) is 2.56. The number of hydrogen-bond donors (Lipinski definition) is 1. The number of anilines is 1. The molecule has 0 spiro atoms. The lowest BCUT2D eigenvalue weighted by Crippen LogP contribution is -2.13. The molecule has 6 nitrogen and oxygen atoms in total. The van der Waals surface area contributed by atoms with Gasteiger partial charge in [0.1, 0.15) is 11.8 Å². The number of amides is 1. The van der Waals surface area contributed by atoms with Crippen molar-refractivity contribution in [3.05, 3.63) is 70.1 Å². The number of fused-ring (bicyclic) bond motifs is 1. The molecule has 27 heavy (non-hydrogen) atoms. The number of rotatable bonds is 6. The molecule has 1 heterocycles. The van der Waals surface area contributed by atoms with Gasteiger partial charge < -0.3 is 14.5 Å². The maximum absolute atomic E-state index is 12.5. The van der Waals surface area contributed by atoms with Crippen LogP contribution in [0.5, 0.6) is 5.75 Å². The Morgan fingerprint density at radius 2 is 2.00 bits per heavy atom. The van der Waals surface area contributed by atoms with Gasteiger partial charge >= 0.3 is 0 Å². The van der Waals surface area contributed by atoms with Crippen molar-refractivity contribution < 1.29 is 13.9 Å². The van der Waals surface area contributed by atoms with Crippen molar-refractivity contribution >= 4 is 22.6 Å². The van der Waals surface area contributed by atoms with Gasteiger partial charge in [0.2, 0.25) is 5.76 Å². The molecule has 0 radical (unpaired) electrons. The first-order chi connectivity index (χ1) is 13.1. The van der Waals surface area contributed by atoms with Gasteiger partial charge in [0.25, 0.3) is 5.91 Å². The Morgan fingerprint density at radius 1 is 1.22 bits per heavy atom. The Balaban J connectivity index is 1.83. The van der Waals surface area contributed by atoms with Gasteiger partial charge in [0.15, 0.2) is 11.0 Å². The van der Waals surface area contributed by atoms with Gasteiger partial charge in [-0.25, -0.2) is 0 Å². The molecule has 1 amide bonds. The van der Waals surface area contributed by atoms with E-state index in [1.165, 1.54) is 0 Å². The van der Waals surface area contributed by atoms with Crippen LogP contribution in [0.4, 0.5) is 5.69 Å². The van der Waals surface area contributed by atoms with Crippen LogP contribution in [0.3, 0.4) is 0 Å². The molecule has 6 heteroatoms. The monoisotopic (exact) mass is 362 g/mol. The van der Waals surface area contributed by atoms with Crippen LogP contribution in [-0.2, 0) is 0 Å². The zero-order chi connectivity index (χ0) is 19.2. The van der Waals surface area contributed by atoms with Crippen molar-refractivity contribution in [2.24, 2.45) is 0 Å². The van der Waals surface area contributed by atoms with Crippen LogP contribution in [-0.4, -0.2) is 12.5 Å². The third-order valence-corrected chi connectivity index (χ3v) is 4.00. The first-order valence-electron chi connectivity index (χ1n) is 8.63. The number of benzene rings is 2. The van der Waals surface area contributed by atoms with E-state index in [1.807, 2.05) is 0 Å². The highest BCUT2D eigenvalue weighted by atomic mass is 16.5. The Morgan fingerprint density at radius 3 is 2.70 bits per heavy atom. The summed E-state index contributed by atoms with van der Waals surface area (Å²) >= 11 is 0. The number of carbonyl (C=O) groups excluding carboxylic acids is 1. The maximum atomic E-state index is 12.5. The minimum atomic E-state index is -0.354. The molecule has 0 atom stereocenters. The number of ether oxygens (including phenoxy) is 1. The van der Waals surface area contributed by atoms with Crippen molar-refractivity contribution in [1.82, 2.24) is 0 Å². The molecule has 2 aromatic carbocycles. The summed E-state index contributed by atoms with van der Waals surface area (Å²) in [5, 5.41) is 12.0. The molecule has 0 bridgehead atoms. The summed E-state index contributed by atoms with van der Waals surface area (Å²) in [6.07, 6.45) is 2.02. The van der Waals surface area contributed by atoms with Gasteiger partial charge in [-0.05, 0) is 42.8 Å². The minimum absolute atomic E-state index is 0.109. The summed E-state index contributed by atoms with van der Waals surface area (Å²) in [6, 6.07) is 14.6. The van der Waals surface area contributed by atoms with Gasteiger partial charge in [-0.2, -0.15) is 5.26 Å². The number of nitrogens with zero attached hydrogens (tertiary/aromatic N) is 1. The van der Waals surface area contributed by atoms with Crippen LogP contribution in [0.25, 0.3) is 11.0 Å². The highest BCUT2D eigenvalue weighted by Crippen LogP contribution is 2.23. The molecule has 0 fully saturated rings. The van der Waals surface area contributed by atoms with E-state index in [0.29, 0.717) is 29.0 Å². The lowest BCUT2D eigenvalue weighted by molar-refractivity contribution is 0.102. The van der Waals surface area contributed by atoms with E-state index >= 15 is 0 Å². The van der Waals surface area contributed by atoms with Crippen molar-refractivity contribution in [2.45, 2.75) is 19.8 Å². The summed E-state index contributed by atoms with van der Waals surface area (Å²) in [5.41, 5.74) is 0.607. The third kappa shape index (κ3) is 4.15. The summed E-state index contributed by atoms with van der Waals surface area (Å²) < 4.78 is 11.0. The average Bonchev–Trinajstić information content (AvgIpc) is 2.69. The third-order valence-electron chi connectivity index (χ3n) is 4.00. The predicted octanol–water partition coefficient (Wildman–Crippen LogP) is 4.10. The van der Waals surface area contributed by atoms with Gasteiger partial charge in [-0.1, -0.05) is 19.4 Å². The highest BCUT2D eigenvalue weighted by Gasteiger charge is 2.12. The highest BCUT2D eigenvalue weighted by molar-refractivity contribution is 6.07. The lowest BCUT2D eigenvalue weighted by Gasteiger charge is -2.09. The summed E-state index contributed by atoms with van der Waals surface area (Å²) in [6.45, 7) is 2.73. The first kappa shape index (κ1) is 18.2. The van der Waals surface area contributed by atoms with Gasteiger partial charge in [-0.15, -0.1) is 0 Å². The van der Waals surface area contributed by atoms with E-state index in [2.05, 4.69) is 12.2 Å². The van der Waals surface area contributed by atoms with Gasteiger partial charge in [0, 0.05) is 11.6 Å². The van der Waals surface area contributed by atoms with Crippen LogP contribution in [0, 0.1) is 11.3 Å². The minimum Gasteiger partial charge on any atom is -0.494 e. The summed E-state index contributed by atoms with van der Waals surface area (Å²) in [4.78, 5) is 24.6. The number of nitrogens with one attached hydrogen (secondary N) is 1. The topological polar surface area (TPSA) is 92.3 Å². The second-order valence-electron chi connectivity index (χ2n) is 5.95. The largest absolute Gasteiger partial charge is 0.494 e. The Bertz CT molecular complexity index is 1060. The van der Waals surface area contributed by atoms with Crippen LogP contribution >= 0.6 is 0 Å². The number of nitriles is 1. The number of hydrogen-bond acceptors (Lipinski definition) is 5. The lowest BCUT2D eigenvalue weighted by atomic mass is 10.1. The number of carbonyl (C=O) groups is 1. The molecular weight excluding hydrogens is 344 g/mol. The smallest absolute Gasteiger partial charge is 0.255 e. The molecule has 3 rings (SSSR count). The second-order valence-corrected chi connectivity index (χ2v) is 5.95. The van der Waals surface area contributed by atoms with Crippen molar-refractivity contribution in [3.8, 4) is 11.8 Å². The molecule has 0 saturated heterocycles. The SMILES string of the molecule is CCCCOc1ccc(C(=O)Nc2cccc3c(=O)cc(C#N)oc23)cc1. The van der Waals surface area contributed by atoms with Crippen LogP contribution in [0.2, 0.25) is 0 Å². The Kier molecular flexibility index (Phi) is 5.53. The normalized spacial score (nSPS) is 10.4. The quantitative estimate of drug-likeness (QED) is 0.667. The second kappa shape index (κ2) is 8.19. The molecule has 136 valence electrons. The number of para-hydroxylation sites is 1. The van der Waals surface area contributed by atoms with E-state index in [0.717, 1.165) is 18.9 Å². The zero-order valence-corrected chi connectivity index (χ0v) is 14.8. The number of unbranched alkanes of at least 4 members (excludes halogenated alkanes) is 1. The van der Waals surface area contributed by atoms with Crippen molar-refractivity contribution in [1.29, 1.82) is 5.26 Å². The molecule has 0 unspecified atom stereocenters. The zero-order valence-electron chi connectivity index (χ0n) is 14.8. The van der Waals surface area contributed by atoms with E-state index in [4.69, 9.17) is 14.4 Å². The first-order valence-corrected chi connectivity index (χ1v) is 8.63. The maximum Gasteiger partial charge on any atom is 0.255 e. The average molecular weight is 362 g/mol. The van der Waals surface area contributed by atoms with Crippen molar-refractivity contribution in [3.63, 3.8) is 0 Å². The van der Waals surface area contributed by atoms with Gasteiger partial charge in [-0.3, -0.25) is 9.59 Å². The van der Waals surface area contributed by atoms with Gasteiger partial charge in [0.05, 0.1) is 17.7 Å². The fraction of sp³-hybridized carbons (Fsp3) is 0.190. The Labute approximate surface area is 156 Å². The van der Waals surface area contributed by atoms with Crippen molar-refractivity contribution in [2.75, 3.05) is 11.9 Å². The standard InChI is InChI=1S/C21H18N2O4/c1-2-3-11-26-15-9-7-14(8-10-15)21(25)23-18-6-4-5-17-19(24)12-16(13-22)27-20(17)18/h4-10,12H,2-3,11H2,1H3,(H,23,25). The molecule has 0 aliphatic rings. The fourth-order valence-corrected chi connectivity index (χ4v) is 2.56. The Hall–Kier alpha value is -3.59. The predicted molar refractivity (Wildman–Crippen MR) is 102 cm³/mol. The molecule has 0 aliphatic heterocycles. The van der Waals surface area contributed by atoms with E-state index in [1.54, 1.807) is 48.5 Å². The molecule has 3 aromatic rings. The molecule has 1 N–H and O–H groups in total. The van der Waals surface area contributed by atoms with Crippen LogP contribution in [0.1, 0.15) is 35.9 Å². The summed E-state index contributed by atoms with van der Waals surface area (Å²) in [5.74, 6) is 0.241. The van der Waals surface area contributed by atoms with E-state index in [9.17, 15) is 9.59 Å². The van der Waals surface area contributed by atoms with Crippen LogP contribution in [0.15, 0.2) is 57.7 Å². The summed E-state index contributed by atoms with van der Waals surface area (Å²) in [7, 11) is 0. The molecule has 0 saturated carbocycles. The molecule has 0 aliphatic carbocycles.